The fraction of sp³-hybridized carbons (Fsp3) is 0. The second-order valence-corrected chi connectivity index (χ2v) is 5.83. The summed E-state index contributed by atoms with van der Waals surface area (Å²) in [4.78, 5) is 12.5. The van der Waals surface area contributed by atoms with Crippen LogP contribution < -0.4 is 0 Å². The van der Waals surface area contributed by atoms with Crippen molar-refractivity contribution in [2.24, 2.45) is 0 Å². The number of nitrogens with zero attached hydrogens (tertiary/aromatic N) is 2. The molecule has 2 aromatic heterocycles. The predicted octanol–water partition coefficient (Wildman–Crippen LogP) is 4.75. The van der Waals surface area contributed by atoms with E-state index >= 15 is 0 Å². The Balaban J connectivity index is 1.76. The standard InChI is InChI=1S/C21H12FN3O2/c22-17-7-3-2-6-16(17)21(26)14(11-23)9-15-12-24-25-20(15)19-10-13-5-1-4-8-18(13)27-19/h1-10,12H,(H,24,25). The summed E-state index contributed by atoms with van der Waals surface area (Å²) in [6, 6.07) is 16.8. The Morgan fingerprint density at radius 3 is 2.74 bits per heavy atom. The van der Waals surface area contributed by atoms with Crippen LogP contribution >= 0.6 is 0 Å². The number of furan rings is 1. The van der Waals surface area contributed by atoms with E-state index in [9.17, 15) is 14.4 Å². The molecule has 0 aliphatic carbocycles. The van der Waals surface area contributed by atoms with Crippen LogP contribution in [0.25, 0.3) is 28.5 Å². The number of Topliss-reactive ketones (excluding diaryl/α,β-unsaturated/α-hetero) is 1. The Bertz CT molecular complexity index is 1190. The summed E-state index contributed by atoms with van der Waals surface area (Å²) < 4.78 is 19.7. The normalized spacial score (nSPS) is 11.5. The van der Waals surface area contributed by atoms with Crippen LogP contribution in [0.5, 0.6) is 0 Å². The number of benzene rings is 2. The molecule has 0 saturated carbocycles. The van der Waals surface area contributed by atoms with E-state index in [1.54, 1.807) is 6.07 Å². The zero-order valence-corrected chi connectivity index (χ0v) is 13.9. The molecule has 0 radical (unpaired) electrons. The zero-order chi connectivity index (χ0) is 18.8. The van der Waals surface area contributed by atoms with Gasteiger partial charge < -0.3 is 4.42 Å². The average molecular weight is 357 g/mol. The highest BCUT2D eigenvalue weighted by atomic mass is 19.1. The lowest BCUT2D eigenvalue weighted by atomic mass is 10.0. The molecule has 130 valence electrons. The van der Waals surface area contributed by atoms with E-state index in [4.69, 9.17) is 4.42 Å². The number of nitrogens with one attached hydrogen (secondary N) is 1. The minimum absolute atomic E-state index is 0.154. The second-order valence-electron chi connectivity index (χ2n) is 5.83. The number of carbonyl (C=O) groups excluding carboxylic acids is 1. The topological polar surface area (TPSA) is 82.7 Å². The molecule has 0 bridgehead atoms. The molecule has 5 nitrogen and oxygen atoms in total. The first-order chi connectivity index (χ1) is 13.2. The summed E-state index contributed by atoms with van der Waals surface area (Å²) in [6.45, 7) is 0. The maximum absolute atomic E-state index is 13.9. The van der Waals surface area contributed by atoms with Crippen LogP contribution in [0.15, 0.2) is 70.8 Å². The molecule has 0 atom stereocenters. The average Bonchev–Trinajstić information content (AvgIpc) is 3.32. The van der Waals surface area contributed by atoms with Crippen molar-refractivity contribution >= 4 is 22.8 Å². The van der Waals surface area contributed by atoms with Crippen molar-refractivity contribution in [1.82, 2.24) is 10.2 Å². The van der Waals surface area contributed by atoms with Gasteiger partial charge in [-0.2, -0.15) is 10.4 Å². The smallest absolute Gasteiger partial charge is 0.206 e. The van der Waals surface area contributed by atoms with Crippen LogP contribution in [0.2, 0.25) is 0 Å². The van der Waals surface area contributed by atoms with E-state index in [0.29, 0.717) is 22.6 Å². The molecule has 2 aromatic carbocycles. The maximum atomic E-state index is 13.9. The third-order valence-electron chi connectivity index (χ3n) is 4.12. The molecule has 0 aliphatic heterocycles. The minimum atomic E-state index is -0.688. The van der Waals surface area contributed by atoms with Gasteiger partial charge in [-0.15, -0.1) is 0 Å². The Morgan fingerprint density at radius 2 is 1.96 bits per heavy atom. The third-order valence-corrected chi connectivity index (χ3v) is 4.12. The van der Waals surface area contributed by atoms with Crippen molar-refractivity contribution in [2.45, 2.75) is 0 Å². The van der Waals surface area contributed by atoms with E-state index in [1.807, 2.05) is 36.4 Å². The third kappa shape index (κ3) is 3.02. The quantitative estimate of drug-likeness (QED) is 0.324. The summed E-state index contributed by atoms with van der Waals surface area (Å²) in [5, 5.41) is 17.1. The Hall–Kier alpha value is -3.98. The largest absolute Gasteiger partial charge is 0.454 e. The van der Waals surface area contributed by atoms with Crippen molar-refractivity contribution in [2.75, 3.05) is 0 Å². The molecule has 1 N–H and O–H groups in total. The number of allylic oxidation sites excluding steroid dienone is 1. The lowest BCUT2D eigenvalue weighted by Gasteiger charge is -2.01. The van der Waals surface area contributed by atoms with Crippen LogP contribution in [-0.4, -0.2) is 16.0 Å². The van der Waals surface area contributed by atoms with Crippen LogP contribution in [0.3, 0.4) is 0 Å². The first-order valence-corrected chi connectivity index (χ1v) is 8.10. The van der Waals surface area contributed by atoms with E-state index < -0.39 is 11.6 Å². The number of fused-ring (bicyclic) bond motifs is 1. The molecule has 27 heavy (non-hydrogen) atoms. The van der Waals surface area contributed by atoms with Crippen molar-refractivity contribution < 1.29 is 13.6 Å². The zero-order valence-electron chi connectivity index (χ0n) is 13.9. The fourth-order valence-electron chi connectivity index (χ4n) is 2.80. The lowest BCUT2D eigenvalue weighted by Crippen LogP contribution is -2.04. The van der Waals surface area contributed by atoms with E-state index in [0.717, 1.165) is 5.39 Å². The number of nitriles is 1. The van der Waals surface area contributed by atoms with E-state index in [2.05, 4.69) is 10.2 Å². The Morgan fingerprint density at radius 1 is 1.19 bits per heavy atom. The Kier molecular flexibility index (Phi) is 4.11. The van der Waals surface area contributed by atoms with Gasteiger partial charge in [0.15, 0.2) is 5.76 Å². The van der Waals surface area contributed by atoms with Gasteiger partial charge in [0, 0.05) is 10.9 Å². The summed E-state index contributed by atoms with van der Waals surface area (Å²) >= 11 is 0. The number of ketones is 1. The number of hydrogen-bond acceptors (Lipinski definition) is 4. The van der Waals surface area contributed by atoms with Gasteiger partial charge in [0.2, 0.25) is 5.78 Å². The number of aromatic nitrogens is 2. The number of para-hydroxylation sites is 1. The van der Waals surface area contributed by atoms with Gasteiger partial charge in [0.1, 0.15) is 28.7 Å². The molecule has 0 amide bonds. The first-order valence-electron chi connectivity index (χ1n) is 8.10. The summed E-state index contributed by atoms with van der Waals surface area (Å²) in [5.41, 5.74) is 1.38. The maximum Gasteiger partial charge on any atom is 0.206 e. The van der Waals surface area contributed by atoms with Gasteiger partial charge in [-0.25, -0.2) is 4.39 Å². The van der Waals surface area contributed by atoms with Crippen LogP contribution in [0.4, 0.5) is 4.39 Å². The monoisotopic (exact) mass is 357 g/mol. The van der Waals surface area contributed by atoms with Crippen molar-refractivity contribution in [3.63, 3.8) is 0 Å². The van der Waals surface area contributed by atoms with Crippen molar-refractivity contribution in [3.8, 4) is 17.5 Å². The lowest BCUT2D eigenvalue weighted by molar-refractivity contribution is 0.103. The van der Waals surface area contributed by atoms with Gasteiger partial charge in [-0.3, -0.25) is 9.89 Å². The van der Waals surface area contributed by atoms with Crippen LogP contribution in [0.1, 0.15) is 15.9 Å². The first kappa shape index (κ1) is 16.5. The summed E-state index contributed by atoms with van der Waals surface area (Å²) in [7, 11) is 0. The predicted molar refractivity (Wildman–Crippen MR) is 98.1 cm³/mol. The van der Waals surface area contributed by atoms with Crippen LogP contribution in [-0.2, 0) is 0 Å². The van der Waals surface area contributed by atoms with E-state index in [1.165, 1.54) is 30.5 Å². The van der Waals surface area contributed by atoms with Crippen molar-refractivity contribution in [3.05, 3.63) is 83.3 Å². The highest BCUT2D eigenvalue weighted by Gasteiger charge is 2.18. The molecule has 4 aromatic rings. The fourth-order valence-corrected chi connectivity index (χ4v) is 2.80. The van der Waals surface area contributed by atoms with Gasteiger partial charge in [-0.05, 0) is 30.3 Å². The number of H-pyrrole nitrogens is 1. The molecule has 0 spiro atoms. The molecule has 2 heterocycles. The highest BCUT2D eigenvalue weighted by molar-refractivity contribution is 6.14. The summed E-state index contributed by atoms with van der Waals surface area (Å²) in [6.07, 6.45) is 2.86. The number of carbonyl (C=O) groups is 1. The van der Waals surface area contributed by atoms with E-state index in [-0.39, 0.29) is 11.1 Å². The Labute approximate surface area is 153 Å². The summed E-state index contributed by atoms with van der Waals surface area (Å²) in [5.74, 6) is -0.837. The van der Waals surface area contributed by atoms with Gasteiger partial charge in [0.05, 0.1) is 11.8 Å². The number of hydrogen-bond donors (Lipinski definition) is 1. The molecule has 0 unspecified atom stereocenters. The molecule has 4 rings (SSSR count). The minimum Gasteiger partial charge on any atom is -0.454 e. The highest BCUT2D eigenvalue weighted by Crippen LogP contribution is 2.29. The SMILES string of the molecule is N#CC(=Cc1cn[nH]c1-c1cc2ccccc2o1)C(=O)c1ccccc1F. The van der Waals surface area contributed by atoms with Crippen molar-refractivity contribution in [1.29, 1.82) is 5.26 Å². The number of aromatic amines is 1. The molecule has 0 fully saturated rings. The molecular formula is C21H12FN3O2. The van der Waals surface area contributed by atoms with Gasteiger partial charge in [0.25, 0.3) is 0 Å². The molecule has 0 saturated heterocycles. The number of halogens is 1. The molecule has 6 heteroatoms. The van der Waals surface area contributed by atoms with Gasteiger partial charge in [-0.1, -0.05) is 30.3 Å². The molecular weight excluding hydrogens is 345 g/mol. The van der Waals surface area contributed by atoms with Crippen LogP contribution in [0, 0.1) is 17.1 Å². The second kappa shape index (κ2) is 6.73. The number of rotatable bonds is 4. The van der Waals surface area contributed by atoms with Gasteiger partial charge >= 0.3 is 0 Å². The molecule has 0 aliphatic rings.